The second-order valence-electron chi connectivity index (χ2n) is 7.21. The topological polar surface area (TPSA) is 82.1 Å². The SMILES string of the molecule is CCOCCOC(=O)c1ccc(N2C(=O)C(Cl)=C(c3ccc(OC(C)C)cc3)C2=O)cc1. The summed E-state index contributed by atoms with van der Waals surface area (Å²) in [7, 11) is 0. The molecule has 1 aliphatic heterocycles. The Hall–Kier alpha value is -3.16. The van der Waals surface area contributed by atoms with Crippen molar-refractivity contribution in [2.24, 2.45) is 0 Å². The van der Waals surface area contributed by atoms with E-state index in [0.717, 1.165) is 4.90 Å². The molecule has 0 radical (unpaired) electrons. The first kappa shape index (κ1) is 23.5. The maximum Gasteiger partial charge on any atom is 0.338 e. The average molecular weight is 458 g/mol. The fraction of sp³-hybridized carbons (Fsp3) is 0.292. The number of ether oxygens (including phenoxy) is 3. The highest BCUT2D eigenvalue weighted by Gasteiger charge is 2.39. The van der Waals surface area contributed by atoms with E-state index in [0.29, 0.717) is 35.8 Å². The first-order chi connectivity index (χ1) is 15.3. The summed E-state index contributed by atoms with van der Waals surface area (Å²) >= 11 is 6.24. The van der Waals surface area contributed by atoms with E-state index in [-0.39, 0.29) is 23.3 Å². The zero-order chi connectivity index (χ0) is 23.3. The second-order valence-corrected chi connectivity index (χ2v) is 7.58. The monoisotopic (exact) mass is 457 g/mol. The predicted octanol–water partition coefficient (Wildman–Crippen LogP) is 4.19. The van der Waals surface area contributed by atoms with Gasteiger partial charge in [-0.05, 0) is 62.7 Å². The third-order valence-electron chi connectivity index (χ3n) is 4.57. The molecule has 168 valence electrons. The summed E-state index contributed by atoms with van der Waals surface area (Å²) in [6.07, 6.45) is 0.0127. The standard InChI is InChI=1S/C24H24ClNO6/c1-4-30-13-14-31-24(29)17-5-9-18(10-6-17)26-22(27)20(21(25)23(26)28)16-7-11-19(12-8-16)32-15(2)3/h5-12,15H,4,13-14H2,1-3H3. The zero-order valence-electron chi connectivity index (χ0n) is 18.1. The van der Waals surface area contributed by atoms with Crippen LogP contribution >= 0.6 is 11.6 Å². The van der Waals surface area contributed by atoms with Crippen LogP contribution in [-0.4, -0.2) is 43.7 Å². The van der Waals surface area contributed by atoms with Gasteiger partial charge in [-0.1, -0.05) is 23.7 Å². The number of benzene rings is 2. The Morgan fingerprint density at radius 1 is 0.969 bits per heavy atom. The summed E-state index contributed by atoms with van der Waals surface area (Å²) in [5, 5.41) is -0.160. The lowest BCUT2D eigenvalue weighted by Gasteiger charge is -2.15. The molecule has 0 aromatic heterocycles. The minimum Gasteiger partial charge on any atom is -0.491 e. The lowest BCUT2D eigenvalue weighted by molar-refractivity contribution is -0.119. The van der Waals surface area contributed by atoms with Gasteiger partial charge in [0.1, 0.15) is 17.4 Å². The van der Waals surface area contributed by atoms with Crippen LogP contribution < -0.4 is 9.64 Å². The van der Waals surface area contributed by atoms with Crippen molar-refractivity contribution < 1.29 is 28.6 Å². The molecule has 1 heterocycles. The Kier molecular flexibility index (Phi) is 7.66. The maximum absolute atomic E-state index is 13.0. The number of halogens is 1. The van der Waals surface area contributed by atoms with Gasteiger partial charge in [0.25, 0.3) is 11.8 Å². The van der Waals surface area contributed by atoms with Gasteiger partial charge >= 0.3 is 5.97 Å². The molecule has 0 bridgehead atoms. The molecule has 0 unspecified atom stereocenters. The number of hydrogen-bond acceptors (Lipinski definition) is 6. The molecule has 2 aromatic rings. The van der Waals surface area contributed by atoms with Gasteiger partial charge in [0.2, 0.25) is 0 Å². The normalized spacial score (nSPS) is 13.8. The van der Waals surface area contributed by atoms with Crippen molar-refractivity contribution in [3.8, 4) is 5.75 Å². The smallest absolute Gasteiger partial charge is 0.338 e. The van der Waals surface area contributed by atoms with Crippen LogP contribution in [0.2, 0.25) is 0 Å². The zero-order valence-corrected chi connectivity index (χ0v) is 18.8. The number of esters is 1. The summed E-state index contributed by atoms with van der Waals surface area (Å²) < 4.78 is 15.8. The van der Waals surface area contributed by atoms with Crippen molar-refractivity contribution in [2.45, 2.75) is 26.9 Å². The van der Waals surface area contributed by atoms with E-state index >= 15 is 0 Å². The predicted molar refractivity (Wildman–Crippen MR) is 121 cm³/mol. The molecule has 2 aromatic carbocycles. The van der Waals surface area contributed by atoms with Crippen molar-refractivity contribution in [1.82, 2.24) is 0 Å². The lowest BCUT2D eigenvalue weighted by Crippen LogP contribution is -2.31. The Labute approximate surface area is 191 Å². The van der Waals surface area contributed by atoms with E-state index in [9.17, 15) is 14.4 Å². The van der Waals surface area contributed by atoms with Gasteiger partial charge in [-0.15, -0.1) is 0 Å². The van der Waals surface area contributed by atoms with E-state index in [1.807, 2.05) is 20.8 Å². The summed E-state index contributed by atoms with van der Waals surface area (Å²) in [6, 6.07) is 12.8. The number of hydrogen-bond donors (Lipinski definition) is 0. The maximum atomic E-state index is 13.0. The number of imide groups is 1. The highest BCUT2D eigenvalue weighted by atomic mass is 35.5. The van der Waals surface area contributed by atoms with Gasteiger partial charge in [-0.25, -0.2) is 9.69 Å². The molecule has 0 aliphatic carbocycles. The van der Waals surface area contributed by atoms with Gasteiger partial charge in [-0.3, -0.25) is 9.59 Å². The molecule has 0 atom stereocenters. The third-order valence-corrected chi connectivity index (χ3v) is 4.92. The summed E-state index contributed by atoms with van der Waals surface area (Å²) in [5.74, 6) is -1.03. The molecule has 32 heavy (non-hydrogen) atoms. The molecular weight excluding hydrogens is 434 g/mol. The molecule has 0 N–H and O–H groups in total. The quantitative estimate of drug-likeness (QED) is 0.319. The highest BCUT2D eigenvalue weighted by molar-refractivity contribution is 6.60. The number of rotatable bonds is 9. The summed E-state index contributed by atoms with van der Waals surface area (Å²) in [5.41, 5.74) is 1.23. The molecule has 0 fully saturated rings. The molecule has 0 saturated heterocycles. The van der Waals surface area contributed by atoms with Crippen LogP contribution in [0.5, 0.6) is 5.75 Å². The number of nitrogens with zero attached hydrogens (tertiary/aromatic N) is 1. The second kappa shape index (κ2) is 10.4. The van der Waals surface area contributed by atoms with Crippen molar-refractivity contribution in [3.05, 3.63) is 64.7 Å². The van der Waals surface area contributed by atoms with Gasteiger partial charge in [0, 0.05) is 6.61 Å². The molecule has 3 rings (SSSR count). The Balaban J connectivity index is 1.74. The van der Waals surface area contributed by atoms with E-state index in [1.165, 1.54) is 24.3 Å². The third kappa shape index (κ3) is 5.18. The van der Waals surface area contributed by atoms with Gasteiger partial charge in [0.05, 0.1) is 29.5 Å². The van der Waals surface area contributed by atoms with Crippen molar-refractivity contribution in [1.29, 1.82) is 0 Å². The van der Waals surface area contributed by atoms with E-state index in [4.69, 9.17) is 25.8 Å². The molecule has 1 aliphatic rings. The summed E-state index contributed by atoms with van der Waals surface area (Å²) in [4.78, 5) is 38.8. The minimum atomic E-state index is -0.624. The Morgan fingerprint density at radius 2 is 1.62 bits per heavy atom. The molecule has 0 spiro atoms. The van der Waals surface area contributed by atoms with E-state index < -0.39 is 17.8 Å². The van der Waals surface area contributed by atoms with Crippen LogP contribution in [-0.2, 0) is 19.1 Å². The van der Waals surface area contributed by atoms with Crippen LogP contribution in [0.25, 0.3) is 5.57 Å². The first-order valence-corrected chi connectivity index (χ1v) is 10.6. The molecule has 7 nitrogen and oxygen atoms in total. The number of carbonyl (C=O) groups excluding carboxylic acids is 3. The van der Waals surface area contributed by atoms with E-state index in [1.54, 1.807) is 24.3 Å². The fourth-order valence-electron chi connectivity index (χ4n) is 3.13. The number of amides is 2. The Morgan fingerprint density at radius 3 is 2.22 bits per heavy atom. The van der Waals surface area contributed by atoms with E-state index in [2.05, 4.69) is 0 Å². The Bertz CT molecular complexity index is 1030. The van der Waals surface area contributed by atoms with Crippen LogP contribution in [0.3, 0.4) is 0 Å². The highest BCUT2D eigenvalue weighted by Crippen LogP contribution is 2.35. The van der Waals surface area contributed by atoms with Crippen LogP contribution in [0.4, 0.5) is 5.69 Å². The average Bonchev–Trinajstić information content (AvgIpc) is 3.00. The first-order valence-electron chi connectivity index (χ1n) is 10.2. The molecule has 0 saturated carbocycles. The van der Waals surface area contributed by atoms with Crippen LogP contribution in [0.15, 0.2) is 53.6 Å². The largest absolute Gasteiger partial charge is 0.491 e. The van der Waals surface area contributed by atoms with Crippen LogP contribution in [0, 0.1) is 0 Å². The van der Waals surface area contributed by atoms with Gasteiger partial charge < -0.3 is 14.2 Å². The molecule has 2 amide bonds. The van der Waals surface area contributed by atoms with Gasteiger partial charge in [-0.2, -0.15) is 0 Å². The van der Waals surface area contributed by atoms with Crippen LogP contribution in [0.1, 0.15) is 36.7 Å². The lowest BCUT2D eigenvalue weighted by atomic mass is 10.1. The molecular formula is C24H24ClNO6. The summed E-state index contributed by atoms with van der Waals surface area (Å²) in [6.45, 7) is 6.67. The van der Waals surface area contributed by atoms with Crippen molar-refractivity contribution in [3.63, 3.8) is 0 Å². The van der Waals surface area contributed by atoms with Crippen molar-refractivity contribution in [2.75, 3.05) is 24.7 Å². The molecule has 8 heteroatoms. The minimum absolute atomic E-state index is 0.0127. The fourth-order valence-corrected chi connectivity index (χ4v) is 3.40. The number of carbonyl (C=O) groups is 3. The number of anilines is 1. The van der Waals surface area contributed by atoms with Crippen molar-refractivity contribution >= 4 is 40.6 Å². The van der Waals surface area contributed by atoms with Gasteiger partial charge in [0.15, 0.2) is 0 Å².